The molecule has 0 saturated heterocycles. The van der Waals surface area contributed by atoms with Gasteiger partial charge in [0.2, 0.25) is 0 Å². The third-order valence-electron chi connectivity index (χ3n) is 2.89. The summed E-state index contributed by atoms with van der Waals surface area (Å²) < 4.78 is 11.4. The van der Waals surface area contributed by atoms with Gasteiger partial charge in [0.25, 0.3) is 0 Å². The van der Waals surface area contributed by atoms with E-state index in [0.29, 0.717) is 43.6 Å². The normalized spacial score (nSPS) is 12.3. The molecule has 0 fully saturated rings. The average Bonchev–Trinajstić information content (AvgIpc) is 2.45. The predicted molar refractivity (Wildman–Crippen MR) is 84.7 cm³/mol. The van der Waals surface area contributed by atoms with Gasteiger partial charge in [-0.1, -0.05) is 34.8 Å². The zero-order chi connectivity index (χ0) is 15.9. The Hall–Kier alpha value is -1.88. The second-order valence-corrected chi connectivity index (χ2v) is 5.63. The highest BCUT2D eigenvalue weighted by Crippen LogP contribution is 2.49. The molecule has 0 spiro atoms. The molecule has 0 aromatic heterocycles. The smallest absolute Gasteiger partial charge is 0.328 e. The summed E-state index contributed by atoms with van der Waals surface area (Å²) in [5, 5.41) is 9.70. The molecule has 0 aliphatic carbocycles. The molecule has 1 heterocycles. The van der Waals surface area contributed by atoms with Crippen LogP contribution < -0.4 is 9.47 Å². The van der Waals surface area contributed by atoms with Crippen LogP contribution >= 0.6 is 34.8 Å². The van der Waals surface area contributed by atoms with Gasteiger partial charge in [-0.2, -0.15) is 0 Å². The number of benzene rings is 2. The number of rotatable bonds is 2. The van der Waals surface area contributed by atoms with Gasteiger partial charge in [0.1, 0.15) is 0 Å². The third-order valence-corrected chi connectivity index (χ3v) is 3.94. The Balaban J connectivity index is 2.02. The van der Waals surface area contributed by atoms with Crippen molar-refractivity contribution in [2.75, 3.05) is 0 Å². The van der Waals surface area contributed by atoms with Crippen LogP contribution in [0.4, 0.5) is 0 Å². The largest absolute Gasteiger partial charge is 0.478 e. The molecule has 0 amide bonds. The number of hydrogen-bond donors (Lipinski definition) is 1. The highest BCUT2D eigenvalue weighted by molar-refractivity contribution is 6.42. The number of fused-ring (bicyclic) bond motifs is 2. The van der Waals surface area contributed by atoms with E-state index in [2.05, 4.69) is 0 Å². The zero-order valence-corrected chi connectivity index (χ0v) is 13.0. The monoisotopic (exact) mass is 356 g/mol. The van der Waals surface area contributed by atoms with Crippen LogP contribution in [0.15, 0.2) is 30.3 Å². The van der Waals surface area contributed by atoms with E-state index in [1.165, 1.54) is 6.08 Å². The molecule has 0 bridgehead atoms. The van der Waals surface area contributed by atoms with Gasteiger partial charge in [0, 0.05) is 24.3 Å². The molecule has 0 radical (unpaired) electrons. The molecule has 2 aromatic rings. The molecular weight excluding hydrogens is 351 g/mol. The lowest BCUT2D eigenvalue weighted by molar-refractivity contribution is -0.131. The lowest BCUT2D eigenvalue weighted by atomic mass is 10.1. The van der Waals surface area contributed by atoms with Crippen molar-refractivity contribution < 1.29 is 19.4 Å². The van der Waals surface area contributed by atoms with E-state index in [-0.39, 0.29) is 0 Å². The maximum atomic E-state index is 10.6. The van der Waals surface area contributed by atoms with Crippen molar-refractivity contribution >= 4 is 46.8 Å². The summed E-state index contributed by atoms with van der Waals surface area (Å²) in [7, 11) is 0. The summed E-state index contributed by atoms with van der Waals surface area (Å²) in [6.45, 7) is 0. The molecule has 0 unspecified atom stereocenters. The first-order chi connectivity index (χ1) is 10.4. The molecule has 1 aliphatic heterocycles. The summed E-state index contributed by atoms with van der Waals surface area (Å²) in [5.41, 5.74) is 0.495. The zero-order valence-electron chi connectivity index (χ0n) is 10.8. The van der Waals surface area contributed by atoms with Gasteiger partial charge in [-0.3, -0.25) is 0 Å². The van der Waals surface area contributed by atoms with Crippen LogP contribution in [0.2, 0.25) is 15.1 Å². The Morgan fingerprint density at radius 2 is 1.32 bits per heavy atom. The van der Waals surface area contributed by atoms with Gasteiger partial charge in [0.15, 0.2) is 23.0 Å². The second kappa shape index (κ2) is 5.72. The Labute approximate surface area is 140 Å². The fourth-order valence-corrected chi connectivity index (χ4v) is 2.43. The molecule has 112 valence electrons. The maximum absolute atomic E-state index is 10.6. The molecule has 2 aromatic carbocycles. The van der Waals surface area contributed by atoms with Crippen LogP contribution in [0.3, 0.4) is 0 Å². The van der Waals surface area contributed by atoms with E-state index in [1.54, 1.807) is 24.3 Å². The minimum absolute atomic E-state index is 0.336. The fourth-order valence-electron chi connectivity index (χ4n) is 1.91. The first kappa shape index (κ1) is 15.0. The summed E-state index contributed by atoms with van der Waals surface area (Å²) in [4.78, 5) is 10.6. The predicted octanol–water partition coefficient (Wildman–Crippen LogP) is 5.64. The van der Waals surface area contributed by atoms with E-state index in [1.807, 2.05) is 0 Å². The number of carboxylic acids is 1. The average molecular weight is 358 g/mol. The van der Waals surface area contributed by atoms with Gasteiger partial charge in [-0.15, -0.1) is 0 Å². The Morgan fingerprint density at radius 1 is 0.864 bits per heavy atom. The molecule has 7 heteroatoms. The Morgan fingerprint density at radius 3 is 1.82 bits per heavy atom. The number of hydrogen-bond acceptors (Lipinski definition) is 3. The van der Waals surface area contributed by atoms with Gasteiger partial charge in [-0.25, -0.2) is 4.79 Å². The number of carboxylic acid groups (broad SMARTS) is 1. The van der Waals surface area contributed by atoms with Gasteiger partial charge in [-0.05, 0) is 17.7 Å². The summed E-state index contributed by atoms with van der Waals surface area (Å²) in [6, 6.07) is 6.23. The van der Waals surface area contributed by atoms with Crippen molar-refractivity contribution in [2.45, 2.75) is 0 Å². The SMILES string of the molecule is O=C(O)/C=C/c1cc2c(cc1Cl)Oc1cc(Cl)c(Cl)cc1O2. The highest BCUT2D eigenvalue weighted by Gasteiger charge is 2.22. The van der Waals surface area contributed by atoms with Crippen LogP contribution in [-0.4, -0.2) is 11.1 Å². The molecule has 1 N–H and O–H groups in total. The molecule has 0 atom stereocenters. The van der Waals surface area contributed by atoms with Crippen molar-refractivity contribution in [2.24, 2.45) is 0 Å². The molecule has 0 saturated carbocycles. The van der Waals surface area contributed by atoms with Gasteiger partial charge >= 0.3 is 5.97 Å². The van der Waals surface area contributed by atoms with Crippen LogP contribution in [0.1, 0.15) is 5.56 Å². The lowest BCUT2D eigenvalue weighted by Gasteiger charge is -2.21. The summed E-state index contributed by atoms with van der Waals surface area (Å²) >= 11 is 18.0. The number of aliphatic carboxylic acids is 1. The highest BCUT2D eigenvalue weighted by atomic mass is 35.5. The van der Waals surface area contributed by atoms with Gasteiger partial charge < -0.3 is 14.6 Å². The van der Waals surface area contributed by atoms with Crippen LogP contribution in [-0.2, 0) is 4.79 Å². The second-order valence-electron chi connectivity index (χ2n) is 4.41. The first-order valence-corrected chi connectivity index (χ1v) is 7.17. The minimum Gasteiger partial charge on any atom is -0.478 e. The van der Waals surface area contributed by atoms with Crippen molar-refractivity contribution in [1.29, 1.82) is 0 Å². The quantitative estimate of drug-likeness (QED) is 0.603. The van der Waals surface area contributed by atoms with E-state index >= 15 is 0 Å². The number of ether oxygens (including phenoxy) is 2. The molecule has 1 aliphatic rings. The van der Waals surface area contributed by atoms with Crippen molar-refractivity contribution in [3.8, 4) is 23.0 Å². The number of halogens is 3. The van der Waals surface area contributed by atoms with E-state index in [4.69, 9.17) is 49.4 Å². The van der Waals surface area contributed by atoms with Crippen LogP contribution in [0, 0.1) is 0 Å². The Kier molecular flexibility index (Phi) is 3.91. The fraction of sp³-hybridized carbons (Fsp3) is 0. The summed E-state index contributed by atoms with van der Waals surface area (Å²) in [6.07, 6.45) is 2.36. The minimum atomic E-state index is -1.07. The lowest BCUT2D eigenvalue weighted by Crippen LogP contribution is -2.00. The first-order valence-electron chi connectivity index (χ1n) is 6.03. The maximum Gasteiger partial charge on any atom is 0.328 e. The van der Waals surface area contributed by atoms with E-state index < -0.39 is 5.97 Å². The van der Waals surface area contributed by atoms with Crippen LogP contribution in [0.5, 0.6) is 23.0 Å². The van der Waals surface area contributed by atoms with Crippen molar-refractivity contribution in [3.05, 3.63) is 51.0 Å². The van der Waals surface area contributed by atoms with Crippen LogP contribution in [0.25, 0.3) is 6.08 Å². The van der Waals surface area contributed by atoms with E-state index in [0.717, 1.165) is 6.08 Å². The summed E-state index contributed by atoms with van der Waals surface area (Å²) in [5.74, 6) is 0.575. The molecule has 22 heavy (non-hydrogen) atoms. The van der Waals surface area contributed by atoms with Crippen molar-refractivity contribution in [1.82, 2.24) is 0 Å². The standard InChI is InChI=1S/C15H7Cl3O4/c16-8-4-12-11(3-7(8)1-2-15(19)20)21-13-5-9(17)10(18)6-14(13)22-12/h1-6H,(H,19,20)/b2-1+. The third kappa shape index (κ3) is 2.86. The van der Waals surface area contributed by atoms with E-state index in [9.17, 15) is 4.79 Å². The van der Waals surface area contributed by atoms with Crippen molar-refractivity contribution in [3.63, 3.8) is 0 Å². The topological polar surface area (TPSA) is 55.8 Å². The Bertz CT molecular complexity index is 815. The molecule has 3 rings (SSSR count). The molecule has 4 nitrogen and oxygen atoms in total. The number of carbonyl (C=O) groups is 1. The van der Waals surface area contributed by atoms with Gasteiger partial charge in [0.05, 0.1) is 15.1 Å². The molecular formula is C15H7Cl3O4.